The Bertz CT molecular complexity index is 852. The van der Waals surface area contributed by atoms with Crippen LogP contribution in [0.25, 0.3) is 10.9 Å². The second kappa shape index (κ2) is 6.06. The number of aromatic nitrogens is 1. The van der Waals surface area contributed by atoms with Crippen LogP contribution in [-0.2, 0) is 10.0 Å². The SMILES string of the molecule is N#CCN(CC#N)S(=O)(=O)c1ccc2nc(Cl)ccc2c1. The summed E-state index contributed by atoms with van der Waals surface area (Å²) in [7, 11) is -3.90. The average molecular weight is 321 g/mol. The van der Waals surface area contributed by atoms with Crippen LogP contribution >= 0.6 is 11.6 Å². The molecule has 1 heterocycles. The van der Waals surface area contributed by atoms with Gasteiger partial charge >= 0.3 is 0 Å². The Balaban J connectivity index is 2.52. The topological polar surface area (TPSA) is 97.9 Å². The fourth-order valence-corrected chi connectivity index (χ4v) is 3.20. The van der Waals surface area contributed by atoms with E-state index in [1.807, 2.05) is 0 Å². The molecule has 0 saturated heterocycles. The van der Waals surface area contributed by atoms with E-state index in [4.69, 9.17) is 22.1 Å². The van der Waals surface area contributed by atoms with Crippen molar-refractivity contribution in [3.8, 4) is 12.1 Å². The standard InChI is InChI=1S/C13H9ClN4O2S/c14-13-4-1-10-9-11(2-3-12(10)17-13)21(19,20)18(7-5-15)8-6-16/h1-4,9H,7-8H2. The smallest absolute Gasteiger partial charge is 0.236 e. The first kappa shape index (κ1) is 15.2. The van der Waals surface area contributed by atoms with Crippen LogP contribution in [0.5, 0.6) is 0 Å². The molecular formula is C13H9ClN4O2S. The van der Waals surface area contributed by atoms with Crippen molar-refractivity contribution in [2.45, 2.75) is 4.90 Å². The highest BCUT2D eigenvalue weighted by molar-refractivity contribution is 7.89. The van der Waals surface area contributed by atoms with Crippen LogP contribution in [0.4, 0.5) is 0 Å². The maximum atomic E-state index is 12.4. The second-order valence-corrected chi connectivity index (χ2v) is 6.40. The van der Waals surface area contributed by atoms with Gasteiger partial charge in [-0.25, -0.2) is 13.4 Å². The highest BCUT2D eigenvalue weighted by Gasteiger charge is 2.24. The number of fused-ring (bicyclic) bond motifs is 1. The van der Waals surface area contributed by atoms with Crippen molar-refractivity contribution in [1.29, 1.82) is 10.5 Å². The number of hydrogen-bond donors (Lipinski definition) is 0. The van der Waals surface area contributed by atoms with Gasteiger partial charge in [-0.05, 0) is 30.3 Å². The van der Waals surface area contributed by atoms with Crippen molar-refractivity contribution in [3.05, 3.63) is 35.5 Å². The van der Waals surface area contributed by atoms with E-state index in [1.54, 1.807) is 24.3 Å². The van der Waals surface area contributed by atoms with Crippen molar-refractivity contribution in [3.63, 3.8) is 0 Å². The highest BCUT2D eigenvalue weighted by atomic mass is 35.5. The van der Waals surface area contributed by atoms with Gasteiger partial charge in [0, 0.05) is 5.39 Å². The fraction of sp³-hybridized carbons (Fsp3) is 0.154. The van der Waals surface area contributed by atoms with Crippen LogP contribution in [0.1, 0.15) is 0 Å². The van der Waals surface area contributed by atoms with Gasteiger partial charge in [-0.1, -0.05) is 11.6 Å². The molecule has 0 fully saturated rings. The number of pyridine rings is 1. The molecule has 0 aliphatic carbocycles. The van der Waals surface area contributed by atoms with E-state index in [1.165, 1.54) is 18.2 Å². The maximum absolute atomic E-state index is 12.4. The van der Waals surface area contributed by atoms with Crippen LogP contribution in [0.15, 0.2) is 35.2 Å². The zero-order chi connectivity index (χ0) is 15.5. The van der Waals surface area contributed by atoms with E-state index < -0.39 is 10.0 Å². The number of sulfonamides is 1. The number of halogens is 1. The number of benzene rings is 1. The molecule has 0 bridgehead atoms. The summed E-state index contributed by atoms with van der Waals surface area (Å²) in [6.07, 6.45) is 0. The van der Waals surface area contributed by atoms with Crippen LogP contribution in [0.3, 0.4) is 0 Å². The first-order valence-corrected chi connectivity index (χ1v) is 7.61. The summed E-state index contributed by atoms with van der Waals surface area (Å²) in [6, 6.07) is 11.0. The lowest BCUT2D eigenvalue weighted by molar-refractivity contribution is 0.479. The lowest BCUT2D eigenvalue weighted by Crippen LogP contribution is -2.31. The molecule has 1 aromatic carbocycles. The molecule has 0 aliphatic heterocycles. The average Bonchev–Trinajstić information content (AvgIpc) is 2.46. The lowest BCUT2D eigenvalue weighted by atomic mass is 10.2. The molecule has 6 nitrogen and oxygen atoms in total. The first-order chi connectivity index (χ1) is 9.98. The molecule has 0 spiro atoms. The van der Waals surface area contributed by atoms with E-state index in [0.29, 0.717) is 16.1 Å². The van der Waals surface area contributed by atoms with E-state index in [-0.39, 0.29) is 18.0 Å². The zero-order valence-corrected chi connectivity index (χ0v) is 12.3. The van der Waals surface area contributed by atoms with Gasteiger partial charge in [0.1, 0.15) is 18.2 Å². The van der Waals surface area contributed by atoms with Crippen LogP contribution < -0.4 is 0 Å². The first-order valence-electron chi connectivity index (χ1n) is 5.79. The number of nitrogens with zero attached hydrogens (tertiary/aromatic N) is 4. The Labute approximate surface area is 126 Å². The number of nitriles is 2. The molecule has 1 aromatic heterocycles. The summed E-state index contributed by atoms with van der Waals surface area (Å²) in [5.74, 6) is 0. The predicted octanol–water partition coefficient (Wildman–Crippen LogP) is 1.93. The van der Waals surface area contributed by atoms with Gasteiger partial charge in [-0.3, -0.25) is 0 Å². The molecule has 8 heteroatoms. The number of hydrogen-bond acceptors (Lipinski definition) is 5. The molecule has 0 atom stereocenters. The molecule has 0 radical (unpaired) electrons. The normalized spacial score (nSPS) is 11.2. The van der Waals surface area contributed by atoms with E-state index in [2.05, 4.69) is 4.98 Å². The molecule has 0 N–H and O–H groups in total. The zero-order valence-electron chi connectivity index (χ0n) is 10.7. The quantitative estimate of drug-likeness (QED) is 0.633. The Morgan fingerprint density at radius 3 is 2.43 bits per heavy atom. The Morgan fingerprint density at radius 1 is 1.14 bits per heavy atom. The van der Waals surface area contributed by atoms with Crippen molar-refractivity contribution in [2.24, 2.45) is 0 Å². The van der Waals surface area contributed by atoms with Crippen molar-refractivity contribution in [1.82, 2.24) is 9.29 Å². The third-order valence-electron chi connectivity index (χ3n) is 2.76. The molecule has 21 heavy (non-hydrogen) atoms. The molecule has 106 valence electrons. The highest BCUT2D eigenvalue weighted by Crippen LogP contribution is 2.22. The minimum absolute atomic E-state index is 0.00428. The van der Waals surface area contributed by atoms with Crippen LogP contribution in [0.2, 0.25) is 5.15 Å². The summed E-state index contributed by atoms with van der Waals surface area (Å²) in [5.41, 5.74) is 0.563. The van der Waals surface area contributed by atoms with Gasteiger partial charge < -0.3 is 0 Å². The van der Waals surface area contributed by atoms with E-state index in [9.17, 15) is 8.42 Å². The molecule has 0 amide bonds. The van der Waals surface area contributed by atoms with Gasteiger partial charge in [-0.2, -0.15) is 14.8 Å². The summed E-state index contributed by atoms with van der Waals surface area (Å²) in [6.45, 7) is -0.764. The summed E-state index contributed by atoms with van der Waals surface area (Å²) in [4.78, 5) is 4.07. The summed E-state index contributed by atoms with van der Waals surface area (Å²) >= 11 is 5.77. The van der Waals surface area contributed by atoms with Crippen molar-refractivity contribution in [2.75, 3.05) is 13.1 Å². The Morgan fingerprint density at radius 2 is 1.81 bits per heavy atom. The monoisotopic (exact) mass is 320 g/mol. The minimum atomic E-state index is -3.90. The Hall–Kier alpha value is -2.19. The lowest BCUT2D eigenvalue weighted by Gasteiger charge is -2.16. The van der Waals surface area contributed by atoms with Gasteiger partial charge in [0.15, 0.2) is 0 Å². The molecule has 2 rings (SSSR count). The molecule has 0 aliphatic rings. The van der Waals surface area contributed by atoms with Crippen LogP contribution in [0, 0.1) is 22.7 Å². The van der Waals surface area contributed by atoms with Gasteiger partial charge in [0.05, 0.1) is 22.6 Å². The third kappa shape index (κ3) is 3.11. The second-order valence-electron chi connectivity index (χ2n) is 4.08. The van der Waals surface area contributed by atoms with Gasteiger partial charge in [-0.15, -0.1) is 0 Å². The predicted molar refractivity (Wildman–Crippen MR) is 76.7 cm³/mol. The third-order valence-corrected chi connectivity index (χ3v) is 4.76. The fourth-order valence-electron chi connectivity index (χ4n) is 1.77. The van der Waals surface area contributed by atoms with E-state index in [0.717, 1.165) is 4.31 Å². The molecular weight excluding hydrogens is 312 g/mol. The molecule has 2 aromatic rings. The van der Waals surface area contributed by atoms with Gasteiger partial charge in [0.25, 0.3) is 0 Å². The largest absolute Gasteiger partial charge is 0.244 e. The van der Waals surface area contributed by atoms with Gasteiger partial charge in [0.2, 0.25) is 10.0 Å². The van der Waals surface area contributed by atoms with Crippen molar-refractivity contribution < 1.29 is 8.42 Å². The van der Waals surface area contributed by atoms with Crippen molar-refractivity contribution >= 4 is 32.5 Å². The maximum Gasteiger partial charge on any atom is 0.244 e. The van der Waals surface area contributed by atoms with Crippen LogP contribution in [-0.4, -0.2) is 30.8 Å². The summed E-state index contributed by atoms with van der Waals surface area (Å²) < 4.78 is 25.6. The van der Waals surface area contributed by atoms with E-state index >= 15 is 0 Å². The summed E-state index contributed by atoms with van der Waals surface area (Å²) in [5, 5.41) is 18.3. The number of rotatable bonds is 4. The molecule has 0 unspecified atom stereocenters. The molecule has 0 saturated carbocycles. The minimum Gasteiger partial charge on any atom is -0.236 e. The Kier molecular flexibility index (Phi) is 4.39.